The van der Waals surface area contributed by atoms with Crippen molar-refractivity contribution >= 4 is 40.8 Å². The van der Waals surface area contributed by atoms with Gasteiger partial charge in [0.25, 0.3) is 0 Å². The fourth-order valence-electron chi connectivity index (χ4n) is 3.32. The summed E-state index contributed by atoms with van der Waals surface area (Å²) in [5.74, 6) is -0.0834. The molecule has 0 spiro atoms. The van der Waals surface area contributed by atoms with Crippen LogP contribution in [0.4, 0.5) is 10.5 Å². The molecule has 0 radical (unpaired) electrons. The fraction of sp³-hybridized carbons (Fsp3) is 0.333. The molecule has 1 heterocycles. The van der Waals surface area contributed by atoms with E-state index in [1.165, 1.54) is 0 Å². The van der Waals surface area contributed by atoms with Gasteiger partial charge in [0, 0.05) is 34.7 Å². The summed E-state index contributed by atoms with van der Waals surface area (Å²) < 4.78 is 0. The molecule has 148 valence electrons. The summed E-state index contributed by atoms with van der Waals surface area (Å²) in [6.45, 7) is 2.96. The SMILES string of the molecule is CC(NC(=O)N1CCC(C(=O)Nc2ccccc2)CC1)c1ccc(Cl)cc1Cl. The Morgan fingerprint density at radius 2 is 1.75 bits per heavy atom. The van der Waals surface area contributed by atoms with Gasteiger partial charge in [-0.15, -0.1) is 0 Å². The van der Waals surface area contributed by atoms with Crippen molar-refractivity contribution in [2.75, 3.05) is 18.4 Å². The van der Waals surface area contributed by atoms with Gasteiger partial charge in [0.1, 0.15) is 0 Å². The lowest BCUT2D eigenvalue weighted by Crippen LogP contribution is -2.46. The number of halogens is 2. The van der Waals surface area contributed by atoms with E-state index in [0.717, 1.165) is 11.3 Å². The average Bonchev–Trinajstić information content (AvgIpc) is 2.68. The van der Waals surface area contributed by atoms with E-state index in [0.29, 0.717) is 36.0 Å². The number of carbonyl (C=O) groups is 2. The zero-order valence-corrected chi connectivity index (χ0v) is 17.1. The van der Waals surface area contributed by atoms with Gasteiger partial charge in [0.15, 0.2) is 0 Å². The maximum atomic E-state index is 12.6. The van der Waals surface area contributed by atoms with Gasteiger partial charge in [0.05, 0.1) is 6.04 Å². The number of anilines is 1. The van der Waals surface area contributed by atoms with Crippen LogP contribution in [0, 0.1) is 5.92 Å². The molecule has 1 unspecified atom stereocenters. The predicted octanol–water partition coefficient (Wildman–Crippen LogP) is 5.11. The molecule has 7 heteroatoms. The number of nitrogens with one attached hydrogen (secondary N) is 2. The van der Waals surface area contributed by atoms with Gasteiger partial charge in [-0.25, -0.2) is 4.79 Å². The third kappa shape index (κ3) is 5.18. The lowest BCUT2D eigenvalue weighted by Gasteiger charge is -2.32. The number of amides is 3. The van der Waals surface area contributed by atoms with Crippen LogP contribution in [0.1, 0.15) is 31.4 Å². The number of rotatable bonds is 4. The van der Waals surface area contributed by atoms with Crippen molar-refractivity contribution in [2.45, 2.75) is 25.8 Å². The summed E-state index contributed by atoms with van der Waals surface area (Å²) in [6, 6.07) is 14.2. The van der Waals surface area contributed by atoms with E-state index in [2.05, 4.69) is 10.6 Å². The molecule has 1 fully saturated rings. The molecule has 3 amide bonds. The Balaban J connectivity index is 1.50. The Hall–Kier alpha value is -2.24. The van der Waals surface area contributed by atoms with Crippen molar-refractivity contribution in [3.63, 3.8) is 0 Å². The number of hydrogen-bond acceptors (Lipinski definition) is 2. The highest BCUT2D eigenvalue weighted by molar-refractivity contribution is 6.35. The number of hydrogen-bond donors (Lipinski definition) is 2. The van der Waals surface area contributed by atoms with Crippen LogP contribution in [0.15, 0.2) is 48.5 Å². The number of urea groups is 1. The van der Waals surface area contributed by atoms with Gasteiger partial charge in [0.2, 0.25) is 5.91 Å². The number of carbonyl (C=O) groups excluding carboxylic acids is 2. The first-order valence-electron chi connectivity index (χ1n) is 9.30. The van der Waals surface area contributed by atoms with Crippen LogP contribution < -0.4 is 10.6 Å². The summed E-state index contributed by atoms with van der Waals surface area (Å²) in [4.78, 5) is 26.7. The minimum absolute atomic E-state index is 0.00701. The third-order valence-corrected chi connectivity index (χ3v) is 5.53. The molecule has 0 bridgehead atoms. The first-order valence-corrected chi connectivity index (χ1v) is 10.1. The number of benzene rings is 2. The van der Waals surface area contributed by atoms with E-state index in [4.69, 9.17) is 23.2 Å². The van der Waals surface area contributed by atoms with Gasteiger partial charge in [-0.2, -0.15) is 0 Å². The van der Waals surface area contributed by atoms with Crippen LogP contribution >= 0.6 is 23.2 Å². The summed E-state index contributed by atoms with van der Waals surface area (Å²) in [6.07, 6.45) is 1.28. The molecule has 0 saturated carbocycles. The van der Waals surface area contributed by atoms with Crippen molar-refractivity contribution in [1.29, 1.82) is 0 Å². The largest absolute Gasteiger partial charge is 0.331 e. The molecule has 0 aliphatic carbocycles. The highest BCUT2D eigenvalue weighted by Crippen LogP contribution is 2.26. The molecule has 2 aromatic carbocycles. The number of para-hydroxylation sites is 1. The van der Waals surface area contributed by atoms with E-state index in [1.54, 1.807) is 17.0 Å². The van der Waals surface area contributed by atoms with E-state index >= 15 is 0 Å². The summed E-state index contributed by atoms with van der Waals surface area (Å²) in [5, 5.41) is 6.99. The van der Waals surface area contributed by atoms with Crippen LogP contribution in [-0.4, -0.2) is 29.9 Å². The van der Waals surface area contributed by atoms with Gasteiger partial charge < -0.3 is 15.5 Å². The van der Waals surface area contributed by atoms with Crippen molar-refractivity contribution in [3.8, 4) is 0 Å². The standard InChI is InChI=1S/C21H23Cl2N3O2/c1-14(18-8-7-16(22)13-19(18)23)24-21(28)26-11-9-15(10-12-26)20(27)25-17-5-3-2-4-6-17/h2-8,13-15H,9-12H2,1H3,(H,24,28)(H,25,27). The second-order valence-electron chi connectivity index (χ2n) is 6.95. The highest BCUT2D eigenvalue weighted by atomic mass is 35.5. The molecule has 3 rings (SSSR count). The van der Waals surface area contributed by atoms with Crippen molar-refractivity contribution < 1.29 is 9.59 Å². The minimum Gasteiger partial charge on any atom is -0.331 e. The third-order valence-electron chi connectivity index (χ3n) is 4.96. The zero-order valence-electron chi connectivity index (χ0n) is 15.6. The molecule has 1 aliphatic rings. The summed E-state index contributed by atoms with van der Waals surface area (Å²) in [7, 11) is 0. The minimum atomic E-state index is -0.239. The molecule has 0 aromatic heterocycles. The highest BCUT2D eigenvalue weighted by Gasteiger charge is 2.28. The maximum Gasteiger partial charge on any atom is 0.317 e. The molecule has 1 saturated heterocycles. The van der Waals surface area contributed by atoms with Crippen molar-refractivity contribution in [3.05, 3.63) is 64.1 Å². The average molecular weight is 420 g/mol. The van der Waals surface area contributed by atoms with Gasteiger partial charge >= 0.3 is 6.03 Å². The molecular formula is C21H23Cl2N3O2. The molecule has 5 nitrogen and oxygen atoms in total. The van der Waals surface area contributed by atoms with Crippen LogP contribution in [0.25, 0.3) is 0 Å². The van der Waals surface area contributed by atoms with Crippen LogP contribution in [0.3, 0.4) is 0 Å². The smallest absolute Gasteiger partial charge is 0.317 e. The number of likely N-dealkylation sites (tertiary alicyclic amines) is 1. The van der Waals surface area contributed by atoms with Crippen molar-refractivity contribution in [1.82, 2.24) is 10.2 Å². The Morgan fingerprint density at radius 1 is 1.07 bits per heavy atom. The van der Waals surface area contributed by atoms with Crippen molar-refractivity contribution in [2.24, 2.45) is 5.92 Å². The summed E-state index contributed by atoms with van der Waals surface area (Å²) in [5.41, 5.74) is 1.61. The van der Waals surface area contributed by atoms with Gasteiger partial charge in [-0.05, 0) is 49.6 Å². The van der Waals surface area contributed by atoms with E-state index < -0.39 is 0 Å². The Bertz CT molecular complexity index is 837. The number of nitrogens with zero attached hydrogens (tertiary/aromatic N) is 1. The topological polar surface area (TPSA) is 61.4 Å². The number of piperidine rings is 1. The van der Waals surface area contributed by atoms with E-state index in [1.807, 2.05) is 43.3 Å². The van der Waals surface area contributed by atoms with Crippen LogP contribution in [-0.2, 0) is 4.79 Å². The first kappa shape index (κ1) is 20.5. The lowest BCUT2D eigenvalue weighted by atomic mass is 9.96. The molecule has 1 atom stereocenters. The summed E-state index contributed by atoms with van der Waals surface area (Å²) >= 11 is 12.1. The maximum absolute atomic E-state index is 12.6. The first-order chi connectivity index (χ1) is 13.4. The second kappa shape index (κ2) is 9.30. The lowest BCUT2D eigenvalue weighted by molar-refractivity contribution is -0.121. The Morgan fingerprint density at radius 3 is 2.39 bits per heavy atom. The van der Waals surface area contributed by atoms with Gasteiger partial charge in [-0.1, -0.05) is 47.5 Å². The quantitative estimate of drug-likeness (QED) is 0.722. The van der Waals surface area contributed by atoms with E-state index in [-0.39, 0.29) is 23.9 Å². The normalized spacial score (nSPS) is 15.8. The second-order valence-corrected chi connectivity index (χ2v) is 7.80. The molecule has 2 N–H and O–H groups in total. The molecule has 2 aromatic rings. The Labute approximate surface area is 175 Å². The predicted molar refractivity (Wildman–Crippen MR) is 113 cm³/mol. The van der Waals surface area contributed by atoms with Crippen LogP contribution in [0.2, 0.25) is 10.0 Å². The molecule has 28 heavy (non-hydrogen) atoms. The fourth-order valence-corrected chi connectivity index (χ4v) is 3.89. The van der Waals surface area contributed by atoms with E-state index in [9.17, 15) is 9.59 Å². The zero-order chi connectivity index (χ0) is 20.1. The van der Waals surface area contributed by atoms with Crippen LogP contribution in [0.5, 0.6) is 0 Å². The molecule has 1 aliphatic heterocycles. The monoisotopic (exact) mass is 419 g/mol. The molecular weight excluding hydrogens is 397 g/mol. The Kier molecular flexibility index (Phi) is 6.81. The van der Waals surface area contributed by atoms with Gasteiger partial charge in [-0.3, -0.25) is 4.79 Å².